The highest BCUT2D eigenvalue weighted by atomic mass is 16.5. The number of methoxy groups -OCH3 is 1. The highest BCUT2D eigenvalue weighted by Crippen LogP contribution is 2.16. The highest BCUT2D eigenvalue weighted by Gasteiger charge is 2.02. The predicted octanol–water partition coefficient (Wildman–Crippen LogP) is 2.73. The predicted molar refractivity (Wildman–Crippen MR) is 84.5 cm³/mol. The number of nitrogens with one attached hydrogen (secondary N) is 2. The molecule has 0 heterocycles. The summed E-state index contributed by atoms with van der Waals surface area (Å²) in [5, 5.41) is 5.97. The minimum Gasteiger partial charge on any atom is -0.497 e. The van der Waals surface area contributed by atoms with Crippen LogP contribution < -0.4 is 15.4 Å². The fourth-order valence-corrected chi connectivity index (χ4v) is 2.00. The third-order valence-electron chi connectivity index (χ3n) is 3.09. The SMILES string of the molecule is COc1cccc(NCC(=O)NCc2cccc(C)c2)c1. The van der Waals surface area contributed by atoms with Crippen LogP contribution in [0.1, 0.15) is 11.1 Å². The van der Waals surface area contributed by atoms with Gasteiger partial charge in [0.25, 0.3) is 0 Å². The van der Waals surface area contributed by atoms with E-state index in [9.17, 15) is 4.79 Å². The minimum absolute atomic E-state index is 0.0423. The van der Waals surface area contributed by atoms with Crippen LogP contribution in [0, 0.1) is 6.92 Å². The van der Waals surface area contributed by atoms with Crippen molar-refractivity contribution in [2.75, 3.05) is 19.0 Å². The molecule has 2 rings (SSSR count). The first-order chi connectivity index (χ1) is 10.2. The lowest BCUT2D eigenvalue weighted by Crippen LogP contribution is -2.29. The summed E-state index contributed by atoms with van der Waals surface area (Å²) >= 11 is 0. The van der Waals surface area contributed by atoms with Crippen molar-refractivity contribution >= 4 is 11.6 Å². The number of hydrogen-bond donors (Lipinski definition) is 2. The zero-order chi connectivity index (χ0) is 15.1. The van der Waals surface area contributed by atoms with Crippen LogP contribution in [0.4, 0.5) is 5.69 Å². The first-order valence-electron chi connectivity index (χ1n) is 6.87. The van der Waals surface area contributed by atoms with Gasteiger partial charge in [-0.1, -0.05) is 35.9 Å². The van der Waals surface area contributed by atoms with Crippen LogP contribution in [0.3, 0.4) is 0 Å². The van der Waals surface area contributed by atoms with Gasteiger partial charge >= 0.3 is 0 Å². The molecule has 21 heavy (non-hydrogen) atoms. The van der Waals surface area contributed by atoms with Gasteiger partial charge in [0.05, 0.1) is 13.7 Å². The van der Waals surface area contributed by atoms with Gasteiger partial charge in [0.1, 0.15) is 5.75 Å². The molecule has 0 aliphatic carbocycles. The number of aryl methyl sites for hydroxylation is 1. The van der Waals surface area contributed by atoms with E-state index in [2.05, 4.69) is 16.7 Å². The molecule has 0 unspecified atom stereocenters. The van der Waals surface area contributed by atoms with Crippen molar-refractivity contribution in [2.45, 2.75) is 13.5 Å². The number of benzene rings is 2. The van der Waals surface area contributed by atoms with Crippen molar-refractivity contribution in [3.05, 3.63) is 59.7 Å². The standard InChI is InChI=1S/C17H20N2O2/c1-13-5-3-6-14(9-13)11-19-17(20)12-18-15-7-4-8-16(10-15)21-2/h3-10,18H,11-12H2,1-2H3,(H,19,20). The number of carbonyl (C=O) groups excluding carboxylic acids is 1. The molecule has 4 heteroatoms. The van der Waals surface area contributed by atoms with Crippen LogP contribution in [-0.4, -0.2) is 19.6 Å². The van der Waals surface area contributed by atoms with Crippen LogP contribution in [0.25, 0.3) is 0 Å². The van der Waals surface area contributed by atoms with Crippen LogP contribution in [-0.2, 0) is 11.3 Å². The average molecular weight is 284 g/mol. The lowest BCUT2D eigenvalue weighted by molar-refractivity contribution is -0.119. The Morgan fingerprint density at radius 1 is 1.14 bits per heavy atom. The van der Waals surface area contributed by atoms with Crippen LogP contribution in [0.15, 0.2) is 48.5 Å². The third kappa shape index (κ3) is 4.84. The number of rotatable bonds is 6. The summed E-state index contributed by atoms with van der Waals surface area (Å²) in [5.74, 6) is 0.722. The Morgan fingerprint density at radius 3 is 2.71 bits per heavy atom. The molecular formula is C17H20N2O2. The average Bonchev–Trinajstić information content (AvgIpc) is 2.51. The molecule has 1 amide bonds. The van der Waals surface area contributed by atoms with Gasteiger partial charge in [-0.05, 0) is 24.6 Å². The molecule has 4 nitrogen and oxygen atoms in total. The van der Waals surface area contributed by atoms with Gasteiger partial charge in [0, 0.05) is 18.3 Å². The fraction of sp³-hybridized carbons (Fsp3) is 0.235. The third-order valence-corrected chi connectivity index (χ3v) is 3.09. The van der Waals surface area contributed by atoms with Gasteiger partial charge in [0.15, 0.2) is 0 Å². The van der Waals surface area contributed by atoms with Gasteiger partial charge in [-0.15, -0.1) is 0 Å². The number of anilines is 1. The van der Waals surface area contributed by atoms with Gasteiger partial charge in [0.2, 0.25) is 5.91 Å². The maximum atomic E-state index is 11.8. The molecule has 0 saturated heterocycles. The molecule has 2 aromatic rings. The second-order valence-electron chi connectivity index (χ2n) is 4.85. The number of carbonyl (C=O) groups is 1. The van der Waals surface area contributed by atoms with E-state index < -0.39 is 0 Å². The van der Waals surface area contributed by atoms with Crippen LogP contribution in [0.2, 0.25) is 0 Å². The number of hydrogen-bond acceptors (Lipinski definition) is 3. The van der Waals surface area contributed by atoms with Crippen molar-refractivity contribution in [1.29, 1.82) is 0 Å². The quantitative estimate of drug-likeness (QED) is 0.857. The van der Waals surface area contributed by atoms with E-state index in [1.165, 1.54) is 5.56 Å². The van der Waals surface area contributed by atoms with E-state index in [0.29, 0.717) is 6.54 Å². The first kappa shape index (κ1) is 14.9. The van der Waals surface area contributed by atoms with Gasteiger partial charge < -0.3 is 15.4 Å². The number of amides is 1. The maximum Gasteiger partial charge on any atom is 0.239 e. The summed E-state index contributed by atoms with van der Waals surface area (Å²) in [6.07, 6.45) is 0. The minimum atomic E-state index is -0.0423. The molecule has 2 N–H and O–H groups in total. The largest absolute Gasteiger partial charge is 0.497 e. The van der Waals surface area contributed by atoms with Gasteiger partial charge in [-0.2, -0.15) is 0 Å². The van der Waals surface area contributed by atoms with E-state index in [-0.39, 0.29) is 12.5 Å². The van der Waals surface area contributed by atoms with E-state index >= 15 is 0 Å². The number of ether oxygens (including phenoxy) is 1. The summed E-state index contributed by atoms with van der Waals surface area (Å²) in [7, 11) is 1.62. The Balaban J connectivity index is 1.79. The highest BCUT2D eigenvalue weighted by molar-refractivity contribution is 5.80. The Labute approximate surface area is 125 Å². The smallest absolute Gasteiger partial charge is 0.239 e. The summed E-state index contributed by atoms with van der Waals surface area (Å²) in [4.78, 5) is 11.8. The monoisotopic (exact) mass is 284 g/mol. The molecule has 0 bridgehead atoms. The van der Waals surface area contributed by atoms with E-state index in [0.717, 1.165) is 17.0 Å². The van der Waals surface area contributed by atoms with Crippen molar-refractivity contribution in [3.8, 4) is 5.75 Å². The fourth-order valence-electron chi connectivity index (χ4n) is 2.00. The van der Waals surface area contributed by atoms with E-state index in [4.69, 9.17) is 4.74 Å². The topological polar surface area (TPSA) is 50.4 Å². The molecule has 0 atom stereocenters. The molecule has 0 radical (unpaired) electrons. The van der Waals surface area contributed by atoms with Crippen molar-refractivity contribution in [2.24, 2.45) is 0 Å². The Bertz CT molecular complexity index is 611. The first-order valence-corrected chi connectivity index (χ1v) is 6.87. The van der Waals surface area contributed by atoms with Crippen LogP contribution in [0.5, 0.6) is 5.75 Å². The molecule has 0 spiro atoms. The lowest BCUT2D eigenvalue weighted by atomic mass is 10.1. The molecule has 2 aromatic carbocycles. The lowest BCUT2D eigenvalue weighted by Gasteiger charge is -2.09. The normalized spacial score (nSPS) is 10.0. The molecule has 0 aliphatic rings. The molecule has 0 fully saturated rings. The summed E-state index contributed by atoms with van der Waals surface area (Å²) in [6.45, 7) is 2.81. The summed E-state index contributed by atoms with van der Waals surface area (Å²) in [5.41, 5.74) is 3.15. The van der Waals surface area contributed by atoms with Crippen LogP contribution >= 0.6 is 0 Å². The summed E-state index contributed by atoms with van der Waals surface area (Å²) < 4.78 is 5.14. The second kappa shape index (κ2) is 7.33. The zero-order valence-electron chi connectivity index (χ0n) is 12.3. The Morgan fingerprint density at radius 2 is 1.95 bits per heavy atom. The zero-order valence-corrected chi connectivity index (χ0v) is 12.3. The Hall–Kier alpha value is -2.49. The molecule has 0 aromatic heterocycles. The Kier molecular flexibility index (Phi) is 5.21. The molecule has 0 saturated carbocycles. The van der Waals surface area contributed by atoms with Crippen molar-refractivity contribution in [1.82, 2.24) is 5.32 Å². The van der Waals surface area contributed by atoms with E-state index in [1.54, 1.807) is 7.11 Å². The maximum absolute atomic E-state index is 11.8. The molecule has 0 aliphatic heterocycles. The molecular weight excluding hydrogens is 264 g/mol. The van der Waals surface area contributed by atoms with E-state index in [1.807, 2.05) is 49.4 Å². The van der Waals surface area contributed by atoms with Crippen molar-refractivity contribution in [3.63, 3.8) is 0 Å². The summed E-state index contributed by atoms with van der Waals surface area (Å²) in [6, 6.07) is 15.6. The van der Waals surface area contributed by atoms with Gasteiger partial charge in [-0.3, -0.25) is 4.79 Å². The second-order valence-corrected chi connectivity index (χ2v) is 4.85. The molecule has 110 valence electrons. The van der Waals surface area contributed by atoms with Gasteiger partial charge in [-0.25, -0.2) is 0 Å². The van der Waals surface area contributed by atoms with Crippen molar-refractivity contribution < 1.29 is 9.53 Å².